The molecule has 2 aromatic rings. The van der Waals surface area contributed by atoms with Gasteiger partial charge in [-0.1, -0.05) is 83.2 Å². The first-order chi connectivity index (χ1) is 21.0. The summed E-state index contributed by atoms with van der Waals surface area (Å²) in [4.78, 5) is 42.7. The number of piperidine rings is 1. The lowest BCUT2D eigenvalue weighted by Crippen LogP contribution is -2.62. The summed E-state index contributed by atoms with van der Waals surface area (Å²) >= 11 is 4.19. The summed E-state index contributed by atoms with van der Waals surface area (Å²) in [6.07, 6.45) is 3.89. The fourth-order valence-electron chi connectivity index (χ4n) is 5.70. The molecule has 1 aliphatic rings. The number of sulfonamides is 1. The Bertz CT molecular complexity index is 1480. The van der Waals surface area contributed by atoms with Gasteiger partial charge in [0.25, 0.3) is 15.9 Å². The molecule has 246 valence electrons. The van der Waals surface area contributed by atoms with Crippen molar-refractivity contribution in [3.05, 3.63) is 77.4 Å². The maximum atomic E-state index is 14.2. The number of likely N-dealkylation sites (tertiary alicyclic amines) is 1. The third-order valence-corrected chi connectivity index (χ3v) is 10.2. The van der Waals surface area contributed by atoms with Gasteiger partial charge in [0.15, 0.2) is 0 Å². The van der Waals surface area contributed by atoms with Crippen molar-refractivity contribution in [1.29, 1.82) is 0 Å². The van der Waals surface area contributed by atoms with Crippen LogP contribution in [0.25, 0.3) is 0 Å². The second-order valence-electron chi connectivity index (χ2n) is 13.3. The number of hydrogen-bond donors (Lipinski definition) is 4. The molecule has 1 heterocycles. The van der Waals surface area contributed by atoms with E-state index in [9.17, 15) is 22.8 Å². The molecule has 3 N–H and O–H groups in total. The standard InChI is InChI=1S/C34H48N4O5S2/c1-23(30(39)37-45(42,43)27-18-16-24(22-44)17-19-27)21-26-15-11-12-20-38(26)32(41)29(33(2,3)4)36-31(40)28(35-7)34(5,6)25-13-9-8-10-14-25/h8-10,13-14,16-19,21,26,28-29,35,44H,11-12,15,20,22H2,1-7H3,(H,36,40)(H,37,39)/b23-21+/t26?,28-,29?/m1/s1. The highest BCUT2D eigenvalue weighted by Crippen LogP contribution is 2.30. The van der Waals surface area contributed by atoms with E-state index in [0.717, 1.165) is 24.0 Å². The van der Waals surface area contributed by atoms with Crippen molar-refractivity contribution >= 4 is 40.4 Å². The van der Waals surface area contributed by atoms with Gasteiger partial charge in [-0.2, -0.15) is 12.6 Å². The van der Waals surface area contributed by atoms with Gasteiger partial charge in [-0.25, -0.2) is 13.1 Å². The summed E-state index contributed by atoms with van der Waals surface area (Å²) in [7, 11) is -2.35. The second kappa shape index (κ2) is 15.0. The fourth-order valence-corrected chi connectivity index (χ4v) is 6.93. The summed E-state index contributed by atoms with van der Waals surface area (Å²) in [5.41, 5.74) is 0.849. The Labute approximate surface area is 274 Å². The van der Waals surface area contributed by atoms with E-state index in [1.54, 1.807) is 30.2 Å². The molecule has 2 unspecified atom stereocenters. The van der Waals surface area contributed by atoms with Crippen LogP contribution < -0.4 is 15.4 Å². The lowest BCUT2D eigenvalue weighted by Gasteiger charge is -2.41. The summed E-state index contributed by atoms with van der Waals surface area (Å²) in [5.74, 6) is -0.819. The van der Waals surface area contributed by atoms with Crippen LogP contribution in [0.3, 0.4) is 0 Å². The second-order valence-corrected chi connectivity index (χ2v) is 15.3. The number of rotatable bonds is 11. The first-order valence-corrected chi connectivity index (χ1v) is 17.4. The van der Waals surface area contributed by atoms with Crippen LogP contribution in [-0.2, 0) is 35.6 Å². The third kappa shape index (κ3) is 8.98. The van der Waals surface area contributed by atoms with Crippen LogP contribution in [0.1, 0.15) is 71.9 Å². The van der Waals surface area contributed by atoms with Gasteiger partial charge < -0.3 is 15.5 Å². The molecule has 11 heteroatoms. The van der Waals surface area contributed by atoms with Crippen LogP contribution in [0, 0.1) is 5.41 Å². The van der Waals surface area contributed by atoms with Crippen molar-refractivity contribution in [3.8, 4) is 0 Å². The number of benzene rings is 2. The van der Waals surface area contributed by atoms with E-state index in [1.165, 1.54) is 19.1 Å². The van der Waals surface area contributed by atoms with Gasteiger partial charge in [0.2, 0.25) is 11.8 Å². The van der Waals surface area contributed by atoms with Crippen molar-refractivity contribution in [2.24, 2.45) is 5.41 Å². The van der Waals surface area contributed by atoms with Gasteiger partial charge in [0, 0.05) is 23.3 Å². The van der Waals surface area contributed by atoms with Crippen molar-refractivity contribution in [1.82, 2.24) is 20.3 Å². The maximum absolute atomic E-state index is 14.2. The van der Waals surface area contributed by atoms with E-state index in [0.29, 0.717) is 18.7 Å². The Morgan fingerprint density at radius 3 is 2.16 bits per heavy atom. The van der Waals surface area contributed by atoms with Gasteiger partial charge in [-0.3, -0.25) is 14.4 Å². The van der Waals surface area contributed by atoms with E-state index < -0.39 is 44.9 Å². The molecule has 1 saturated heterocycles. The Hall–Kier alpha value is -3.15. The van der Waals surface area contributed by atoms with Crippen molar-refractivity contribution in [2.75, 3.05) is 13.6 Å². The number of thiol groups is 1. The van der Waals surface area contributed by atoms with Crippen LogP contribution in [0.5, 0.6) is 0 Å². The quantitative estimate of drug-likeness (QED) is 0.211. The Morgan fingerprint density at radius 2 is 1.60 bits per heavy atom. The maximum Gasteiger partial charge on any atom is 0.264 e. The molecule has 0 aliphatic carbocycles. The number of nitrogens with zero attached hydrogens (tertiary/aromatic N) is 1. The van der Waals surface area contributed by atoms with Gasteiger partial charge >= 0.3 is 0 Å². The summed E-state index contributed by atoms with van der Waals surface area (Å²) in [6.45, 7) is 11.7. The van der Waals surface area contributed by atoms with Crippen molar-refractivity contribution in [2.45, 2.75) is 95.0 Å². The lowest BCUT2D eigenvalue weighted by atomic mass is 9.76. The topological polar surface area (TPSA) is 125 Å². The molecule has 0 saturated carbocycles. The average molecular weight is 657 g/mol. The fraction of sp³-hybridized carbons (Fsp3) is 0.500. The first kappa shape index (κ1) is 36.3. The zero-order valence-electron chi connectivity index (χ0n) is 27.4. The highest BCUT2D eigenvalue weighted by Gasteiger charge is 2.42. The minimum atomic E-state index is -4.09. The average Bonchev–Trinajstić information content (AvgIpc) is 2.99. The molecule has 2 aromatic carbocycles. The molecule has 1 aliphatic heterocycles. The number of nitrogens with one attached hydrogen (secondary N) is 3. The predicted octanol–water partition coefficient (Wildman–Crippen LogP) is 4.35. The molecule has 45 heavy (non-hydrogen) atoms. The molecule has 0 spiro atoms. The van der Waals surface area contributed by atoms with Gasteiger partial charge in [-0.15, -0.1) is 0 Å². The smallest absolute Gasteiger partial charge is 0.264 e. The minimum Gasteiger partial charge on any atom is -0.342 e. The zero-order chi connectivity index (χ0) is 33.6. The number of likely N-dealkylation sites (N-methyl/N-ethyl adjacent to an activating group) is 1. The third-order valence-electron chi connectivity index (χ3n) is 8.47. The van der Waals surface area contributed by atoms with Crippen LogP contribution in [-0.4, -0.2) is 62.8 Å². The molecular formula is C34H48N4O5S2. The number of carbonyl (C=O) groups is 3. The first-order valence-electron chi connectivity index (χ1n) is 15.3. The van der Waals surface area contributed by atoms with E-state index >= 15 is 0 Å². The van der Waals surface area contributed by atoms with Gasteiger partial charge in [-0.05, 0) is 61.9 Å². The zero-order valence-corrected chi connectivity index (χ0v) is 29.1. The molecule has 3 amide bonds. The summed E-state index contributed by atoms with van der Waals surface area (Å²) in [6, 6.07) is 14.0. The SMILES string of the molecule is CN[C@H](C(=O)NC(C(=O)N1CCCCC1/C=C(\C)C(=O)NS(=O)(=O)c1ccc(CS)cc1)C(C)(C)C)C(C)(C)c1ccccc1. The van der Waals surface area contributed by atoms with Crippen LogP contribution in [0.2, 0.25) is 0 Å². The molecule has 0 radical (unpaired) electrons. The van der Waals surface area contributed by atoms with Crippen LogP contribution >= 0.6 is 12.6 Å². The van der Waals surface area contributed by atoms with E-state index in [1.807, 2.05) is 65.0 Å². The lowest BCUT2D eigenvalue weighted by molar-refractivity contribution is -0.142. The number of amides is 3. The van der Waals surface area contributed by atoms with Gasteiger partial charge in [0.05, 0.1) is 17.0 Å². The monoisotopic (exact) mass is 656 g/mol. The molecule has 3 rings (SSSR count). The van der Waals surface area contributed by atoms with E-state index in [2.05, 4.69) is 28.0 Å². The van der Waals surface area contributed by atoms with Gasteiger partial charge in [0.1, 0.15) is 6.04 Å². The number of hydrogen-bond acceptors (Lipinski definition) is 7. The molecular weight excluding hydrogens is 609 g/mol. The molecule has 0 bridgehead atoms. The van der Waals surface area contributed by atoms with E-state index in [4.69, 9.17) is 0 Å². The molecule has 9 nitrogen and oxygen atoms in total. The Balaban J connectivity index is 1.82. The molecule has 0 aromatic heterocycles. The molecule has 1 fully saturated rings. The normalized spacial score (nSPS) is 17.7. The highest BCUT2D eigenvalue weighted by atomic mass is 32.2. The highest BCUT2D eigenvalue weighted by molar-refractivity contribution is 7.90. The van der Waals surface area contributed by atoms with E-state index in [-0.39, 0.29) is 22.3 Å². The summed E-state index contributed by atoms with van der Waals surface area (Å²) < 4.78 is 27.9. The summed E-state index contributed by atoms with van der Waals surface area (Å²) in [5, 5.41) is 6.21. The van der Waals surface area contributed by atoms with Crippen molar-refractivity contribution in [3.63, 3.8) is 0 Å². The Morgan fingerprint density at radius 1 is 0.978 bits per heavy atom. The van der Waals surface area contributed by atoms with Crippen LogP contribution in [0.15, 0.2) is 71.1 Å². The predicted molar refractivity (Wildman–Crippen MR) is 181 cm³/mol. The molecule has 3 atom stereocenters. The Kier molecular flexibility index (Phi) is 12.1. The number of carbonyl (C=O) groups excluding carboxylic acids is 3. The minimum absolute atomic E-state index is 0.0253. The largest absolute Gasteiger partial charge is 0.342 e. The van der Waals surface area contributed by atoms with Crippen LogP contribution in [0.4, 0.5) is 0 Å². The van der Waals surface area contributed by atoms with Crippen molar-refractivity contribution < 1.29 is 22.8 Å².